The molecule has 2 aromatic rings. The maximum absolute atomic E-state index is 12.7. The van der Waals surface area contributed by atoms with Gasteiger partial charge in [-0.25, -0.2) is 14.8 Å². The number of anilines is 3. The summed E-state index contributed by atoms with van der Waals surface area (Å²) in [5.41, 5.74) is 4.16. The molecule has 1 heterocycles. The molecule has 0 fully saturated rings. The van der Waals surface area contributed by atoms with Gasteiger partial charge in [0.2, 0.25) is 0 Å². The van der Waals surface area contributed by atoms with Gasteiger partial charge in [-0.2, -0.15) is 13.2 Å². The van der Waals surface area contributed by atoms with E-state index < -0.39 is 29.3 Å². The number of alkyl halides is 3. The van der Waals surface area contributed by atoms with Gasteiger partial charge in [0.15, 0.2) is 23.2 Å². The Balaban J connectivity index is 2.27. The van der Waals surface area contributed by atoms with Crippen molar-refractivity contribution in [1.82, 2.24) is 9.97 Å². The predicted molar refractivity (Wildman–Crippen MR) is 99.1 cm³/mol. The number of amides is 1. The monoisotopic (exact) mass is 412 g/mol. The molecule has 0 saturated heterocycles. The summed E-state index contributed by atoms with van der Waals surface area (Å²) in [6.45, 7) is 5.03. The van der Waals surface area contributed by atoms with Crippen molar-refractivity contribution < 1.29 is 27.9 Å². The van der Waals surface area contributed by atoms with E-state index in [1.54, 1.807) is 20.8 Å². The molecule has 1 aromatic carbocycles. The lowest BCUT2D eigenvalue weighted by atomic mass is 10.2. The van der Waals surface area contributed by atoms with Gasteiger partial charge in [-0.3, -0.25) is 5.32 Å². The molecule has 0 unspecified atom stereocenters. The first-order valence-corrected chi connectivity index (χ1v) is 8.18. The predicted octanol–water partition coefficient (Wildman–Crippen LogP) is 3.68. The fourth-order valence-electron chi connectivity index (χ4n) is 2.05. The van der Waals surface area contributed by atoms with Crippen LogP contribution in [-0.2, 0) is 10.9 Å². The van der Waals surface area contributed by atoms with Gasteiger partial charge in [-0.15, -0.1) is 0 Å². The Hall–Kier alpha value is -3.57. The second-order valence-electron chi connectivity index (χ2n) is 6.76. The molecule has 12 heteroatoms. The van der Waals surface area contributed by atoms with Gasteiger partial charge in [0.25, 0.3) is 0 Å². The molecule has 0 spiro atoms. The van der Waals surface area contributed by atoms with Crippen molar-refractivity contribution in [2.24, 2.45) is 10.9 Å². The molecule has 1 aromatic heterocycles. The number of amidine groups is 1. The molecule has 0 aliphatic carbocycles. The number of benzene rings is 1. The zero-order valence-corrected chi connectivity index (χ0v) is 15.7. The average Bonchev–Trinajstić information content (AvgIpc) is 2.60. The Kier molecular flexibility index (Phi) is 6.15. The Morgan fingerprint density at radius 3 is 2.34 bits per heavy atom. The Morgan fingerprint density at radius 2 is 1.83 bits per heavy atom. The molecule has 2 rings (SSSR count). The molecule has 0 aliphatic rings. The topological polar surface area (TPSA) is 135 Å². The quantitative estimate of drug-likeness (QED) is 0.260. The smallest absolute Gasteiger partial charge is 0.416 e. The first kappa shape index (κ1) is 21.7. The summed E-state index contributed by atoms with van der Waals surface area (Å²) in [7, 11) is 0. The molecular formula is C17H19F3N6O3. The van der Waals surface area contributed by atoms with Crippen molar-refractivity contribution in [1.29, 1.82) is 0 Å². The number of nitrogens with zero attached hydrogens (tertiary/aromatic N) is 3. The van der Waals surface area contributed by atoms with Gasteiger partial charge in [0.05, 0.1) is 11.8 Å². The van der Waals surface area contributed by atoms with Crippen LogP contribution >= 0.6 is 0 Å². The number of oxime groups is 1. The molecule has 0 aliphatic heterocycles. The van der Waals surface area contributed by atoms with E-state index in [0.717, 1.165) is 12.1 Å². The number of hydrogen-bond donors (Lipinski definition) is 4. The summed E-state index contributed by atoms with van der Waals surface area (Å²) in [5, 5.41) is 16.9. The van der Waals surface area contributed by atoms with Crippen molar-refractivity contribution in [2.75, 3.05) is 10.6 Å². The van der Waals surface area contributed by atoms with Crippen LogP contribution in [0.2, 0.25) is 0 Å². The number of nitrogens with two attached hydrogens (primary N) is 1. The molecule has 0 saturated carbocycles. The highest BCUT2D eigenvalue weighted by Crippen LogP contribution is 2.30. The second-order valence-corrected chi connectivity index (χ2v) is 6.76. The van der Waals surface area contributed by atoms with Crippen LogP contribution in [0.4, 0.5) is 35.3 Å². The Bertz CT molecular complexity index is 908. The van der Waals surface area contributed by atoms with Crippen LogP contribution in [0.15, 0.2) is 35.6 Å². The maximum atomic E-state index is 12.7. The van der Waals surface area contributed by atoms with Crippen LogP contribution in [0, 0.1) is 0 Å². The third-order valence-electron chi connectivity index (χ3n) is 3.23. The van der Waals surface area contributed by atoms with Crippen LogP contribution in [0.1, 0.15) is 32.0 Å². The molecule has 156 valence electrons. The summed E-state index contributed by atoms with van der Waals surface area (Å²) < 4.78 is 43.1. The lowest BCUT2D eigenvalue weighted by molar-refractivity contribution is -0.137. The van der Waals surface area contributed by atoms with Crippen LogP contribution in [-0.4, -0.2) is 32.7 Å². The molecule has 0 bridgehead atoms. The zero-order valence-electron chi connectivity index (χ0n) is 15.7. The molecule has 0 radical (unpaired) electrons. The fraction of sp³-hybridized carbons (Fsp3) is 0.294. The van der Waals surface area contributed by atoms with E-state index >= 15 is 0 Å². The molecule has 1 amide bonds. The molecular weight excluding hydrogens is 393 g/mol. The zero-order chi connectivity index (χ0) is 21.8. The first-order valence-electron chi connectivity index (χ1n) is 8.18. The Morgan fingerprint density at radius 1 is 1.21 bits per heavy atom. The van der Waals surface area contributed by atoms with Gasteiger partial charge < -0.3 is 21.0 Å². The summed E-state index contributed by atoms with van der Waals surface area (Å²) in [6, 6.07) is 4.15. The fourth-order valence-corrected chi connectivity index (χ4v) is 2.05. The minimum Gasteiger partial charge on any atom is -0.444 e. The van der Waals surface area contributed by atoms with Crippen molar-refractivity contribution >= 4 is 29.3 Å². The third-order valence-corrected chi connectivity index (χ3v) is 3.23. The molecule has 5 N–H and O–H groups in total. The van der Waals surface area contributed by atoms with E-state index in [2.05, 4.69) is 25.8 Å². The van der Waals surface area contributed by atoms with Gasteiger partial charge in [0, 0.05) is 5.69 Å². The van der Waals surface area contributed by atoms with Gasteiger partial charge in [-0.1, -0.05) is 5.16 Å². The number of ether oxygens (including phenoxy) is 1. The summed E-state index contributed by atoms with van der Waals surface area (Å²) >= 11 is 0. The van der Waals surface area contributed by atoms with Gasteiger partial charge >= 0.3 is 12.3 Å². The third kappa shape index (κ3) is 6.23. The molecule has 9 nitrogen and oxygen atoms in total. The van der Waals surface area contributed by atoms with Crippen molar-refractivity contribution in [3.8, 4) is 0 Å². The largest absolute Gasteiger partial charge is 0.444 e. The van der Waals surface area contributed by atoms with Crippen molar-refractivity contribution in [2.45, 2.75) is 32.5 Å². The highest BCUT2D eigenvalue weighted by atomic mass is 19.4. The maximum Gasteiger partial charge on any atom is 0.416 e. The van der Waals surface area contributed by atoms with Crippen molar-refractivity contribution in [3.05, 3.63) is 41.7 Å². The Labute approximate surface area is 163 Å². The minimum atomic E-state index is -4.47. The number of carbonyl (C=O) groups is 1. The highest BCUT2D eigenvalue weighted by Gasteiger charge is 2.30. The average molecular weight is 412 g/mol. The number of carbonyl (C=O) groups excluding carboxylic acids is 1. The number of hydrogen-bond acceptors (Lipinski definition) is 7. The summed E-state index contributed by atoms with van der Waals surface area (Å²) in [5.74, 6) is -0.478. The number of nitrogens with one attached hydrogen (secondary N) is 2. The number of rotatable bonds is 4. The van der Waals surface area contributed by atoms with E-state index in [4.69, 9.17) is 15.7 Å². The van der Waals surface area contributed by atoms with Crippen LogP contribution in [0.3, 0.4) is 0 Å². The van der Waals surface area contributed by atoms with Crippen molar-refractivity contribution in [3.63, 3.8) is 0 Å². The summed E-state index contributed by atoms with van der Waals surface area (Å²) in [6.07, 6.45) is -4.09. The van der Waals surface area contributed by atoms with Crippen LogP contribution in [0.5, 0.6) is 0 Å². The van der Waals surface area contributed by atoms with E-state index in [9.17, 15) is 18.0 Å². The highest BCUT2D eigenvalue weighted by molar-refractivity contribution is 6.00. The van der Waals surface area contributed by atoms with E-state index in [1.807, 2.05) is 0 Å². The normalized spacial score (nSPS) is 12.4. The van der Waals surface area contributed by atoms with E-state index in [1.165, 1.54) is 18.3 Å². The molecule has 0 atom stereocenters. The standard InChI is InChI=1S/C17H19F3N6O3/c1-16(2,3)29-15(27)25-11-8-22-14(12(24-11)13(21)26-28)23-10-6-4-9(5-7-10)17(18,19)20/h4-8,28H,1-3H3,(H2,21,26)(H,22,23)(H,24,25,27). The first-order chi connectivity index (χ1) is 13.4. The summed E-state index contributed by atoms with van der Waals surface area (Å²) in [4.78, 5) is 19.9. The van der Waals surface area contributed by atoms with Crippen LogP contribution in [0.25, 0.3) is 0 Å². The SMILES string of the molecule is CC(C)(C)OC(=O)Nc1cnc(Nc2ccc(C(F)(F)F)cc2)c(/C(N)=N\O)n1. The second kappa shape index (κ2) is 8.20. The molecule has 29 heavy (non-hydrogen) atoms. The van der Waals surface area contributed by atoms with E-state index in [0.29, 0.717) is 0 Å². The minimum absolute atomic E-state index is 0.00482. The van der Waals surface area contributed by atoms with Gasteiger partial charge in [-0.05, 0) is 45.0 Å². The van der Waals surface area contributed by atoms with Gasteiger partial charge in [0.1, 0.15) is 5.60 Å². The lowest BCUT2D eigenvalue weighted by Crippen LogP contribution is -2.28. The lowest BCUT2D eigenvalue weighted by Gasteiger charge is -2.19. The van der Waals surface area contributed by atoms with E-state index in [-0.39, 0.29) is 23.0 Å². The number of halogens is 3. The number of aromatic nitrogens is 2. The van der Waals surface area contributed by atoms with Crippen LogP contribution < -0.4 is 16.4 Å².